The predicted molar refractivity (Wildman–Crippen MR) is 79.3 cm³/mol. The molecule has 0 aromatic heterocycles. The minimum atomic E-state index is 0.513. The van der Waals surface area contributed by atoms with E-state index in [0.717, 1.165) is 24.6 Å². The summed E-state index contributed by atoms with van der Waals surface area (Å²) in [6, 6.07) is 1.55. The van der Waals surface area contributed by atoms with Crippen molar-refractivity contribution in [1.82, 2.24) is 5.32 Å². The lowest BCUT2D eigenvalue weighted by molar-refractivity contribution is -0.133. The van der Waals surface area contributed by atoms with Gasteiger partial charge in [-0.15, -0.1) is 0 Å². The van der Waals surface area contributed by atoms with Gasteiger partial charge < -0.3 is 10.1 Å². The minimum absolute atomic E-state index is 0.513. The van der Waals surface area contributed by atoms with Gasteiger partial charge in [0.1, 0.15) is 0 Å². The molecule has 0 aliphatic heterocycles. The first kappa shape index (κ1) is 13.9. The lowest BCUT2D eigenvalue weighted by Crippen LogP contribution is -2.64. The maximum atomic E-state index is 6.01. The third-order valence-corrected chi connectivity index (χ3v) is 6.14. The molecule has 3 aliphatic carbocycles. The average Bonchev–Trinajstić information content (AvgIpc) is 2.92. The van der Waals surface area contributed by atoms with Crippen LogP contribution in [0.2, 0.25) is 0 Å². The summed E-state index contributed by atoms with van der Waals surface area (Å²) in [5.41, 5.74) is 0.513. The first-order chi connectivity index (χ1) is 9.24. The fraction of sp³-hybridized carbons (Fsp3) is 1.00. The summed E-state index contributed by atoms with van der Waals surface area (Å²) in [5, 5.41) is 4.02. The van der Waals surface area contributed by atoms with E-state index in [0.29, 0.717) is 11.5 Å². The Morgan fingerprint density at radius 1 is 1.11 bits per heavy atom. The third kappa shape index (κ3) is 2.58. The molecule has 2 unspecified atom stereocenters. The molecule has 3 saturated carbocycles. The fourth-order valence-corrected chi connectivity index (χ4v) is 4.83. The molecule has 3 rings (SSSR count). The molecular weight excluding hydrogens is 234 g/mol. The van der Waals surface area contributed by atoms with E-state index in [4.69, 9.17) is 4.74 Å². The van der Waals surface area contributed by atoms with Crippen LogP contribution < -0.4 is 5.32 Å². The molecular formula is C17H31NO. The van der Waals surface area contributed by atoms with Gasteiger partial charge in [-0.25, -0.2) is 0 Å². The second kappa shape index (κ2) is 5.73. The minimum Gasteiger partial charge on any atom is -0.378 e. The zero-order valence-corrected chi connectivity index (χ0v) is 12.8. The van der Waals surface area contributed by atoms with Crippen molar-refractivity contribution >= 4 is 0 Å². The van der Waals surface area contributed by atoms with Gasteiger partial charge in [0.25, 0.3) is 0 Å². The molecule has 19 heavy (non-hydrogen) atoms. The maximum Gasteiger partial charge on any atom is 0.0661 e. The lowest BCUT2D eigenvalue weighted by atomic mass is 9.60. The Morgan fingerprint density at radius 2 is 1.79 bits per heavy atom. The summed E-state index contributed by atoms with van der Waals surface area (Å²) in [5.74, 6) is 0.955. The molecule has 0 radical (unpaired) electrons. The molecule has 1 N–H and O–H groups in total. The van der Waals surface area contributed by atoms with Crippen LogP contribution in [0.3, 0.4) is 0 Å². The van der Waals surface area contributed by atoms with Crippen molar-refractivity contribution in [2.24, 2.45) is 11.3 Å². The van der Waals surface area contributed by atoms with E-state index in [1.807, 2.05) is 0 Å². The summed E-state index contributed by atoms with van der Waals surface area (Å²) in [6.07, 6.45) is 13.1. The van der Waals surface area contributed by atoms with Gasteiger partial charge in [-0.2, -0.15) is 0 Å². The number of hydrogen-bond acceptors (Lipinski definition) is 2. The Hall–Kier alpha value is -0.0800. The van der Waals surface area contributed by atoms with Crippen molar-refractivity contribution in [3.8, 4) is 0 Å². The van der Waals surface area contributed by atoms with Crippen LogP contribution in [0.4, 0.5) is 0 Å². The molecule has 2 heteroatoms. The zero-order chi connectivity index (χ0) is 13.3. The summed E-state index contributed by atoms with van der Waals surface area (Å²) in [7, 11) is 0. The van der Waals surface area contributed by atoms with Crippen molar-refractivity contribution in [3.05, 3.63) is 0 Å². The molecule has 0 saturated heterocycles. The number of rotatable bonds is 4. The van der Waals surface area contributed by atoms with E-state index in [9.17, 15) is 0 Å². The van der Waals surface area contributed by atoms with Gasteiger partial charge in [0.15, 0.2) is 0 Å². The topological polar surface area (TPSA) is 21.3 Å². The van der Waals surface area contributed by atoms with Gasteiger partial charge in [-0.3, -0.25) is 0 Å². The largest absolute Gasteiger partial charge is 0.378 e. The Morgan fingerprint density at radius 3 is 2.42 bits per heavy atom. The summed E-state index contributed by atoms with van der Waals surface area (Å²) in [4.78, 5) is 0. The van der Waals surface area contributed by atoms with Gasteiger partial charge in [-0.1, -0.05) is 19.8 Å². The maximum absolute atomic E-state index is 6.01. The summed E-state index contributed by atoms with van der Waals surface area (Å²) >= 11 is 0. The molecule has 0 bridgehead atoms. The van der Waals surface area contributed by atoms with Gasteiger partial charge in [0, 0.05) is 24.1 Å². The van der Waals surface area contributed by atoms with E-state index in [1.165, 1.54) is 57.8 Å². The van der Waals surface area contributed by atoms with E-state index in [1.54, 1.807) is 0 Å². The van der Waals surface area contributed by atoms with Gasteiger partial charge in [0.2, 0.25) is 0 Å². The van der Waals surface area contributed by atoms with Crippen LogP contribution in [0, 0.1) is 11.3 Å². The van der Waals surface area contributed by atoms with Gasteiger partial charge in [0.05, 0.1) is 6.10 Å². The van der Waals surface area contributed by atoms with E-state index in [-0.39, 0.29) is 0 Å². The zero-order valence-electron chi connectivity index (χ0n) is 12.8. The van der Waals surface area contributed by atoms with Crippen LogP contribution in [-0.4, -0.2) is 24.8 Å². The van der Waals surface area contributed by atoms with Crippen LogP contribution in [0.5, 0.6) is 0 Å². The molecule has 0 aromatic rings. The van der Waals surface area contributed by atoms with Crippen molar-refractivity contribution in [2.45, 2.75) is 89.8 Å². The van der Waals surface area contributed by atoms with Crippen molar-refractivity contribution in [3.63, 3.8) is 0 Å². The van der Waals surface area contributed by atoms with Gasteiger partial charge >= 0.3 is 0 Å². The number of nitrogens with one attached hydrogen (secondary N) is 1. The smallest absolute Gasteiger partial charge is 0.0661 e. The van der Waals surface area contributed by atoms with E-state index < -0.39 is 0 Å². The molecule has 3 fully saturated rings. The molecule has 0 aromatic carbocycles. The molecule has 2 nitrogen and oxygen atoms in total. The average molecular weight is 265 g/mol. The standard InChI is InChI=1S/C17H31NO/c1-3-19-16-12-15(17(16)10-4-5-11-17)18-14-8-6-13(2)7-9-14/h13-16,18H,3-12H2,1-2H3. The number of ether oxygens (including phenoxy) is 1. The fourth-order valence-electron chi connectivity index (χ4n) is 4.83. The SMILES string of the molecule is CCOC1CC(NC2CCC(C)CC2)C12CCCC2. The monoisotopic (exact) mass is 265 g/mol. The Balaban J connectivity index is 1.56. The molecule has 110 valence electrons. The highest BCUT2D eigenvalue weighted by Crippen LogP contribution is 2.55. The second-order valence-corrected chi connectivity index (χ2v) is 7.30. The lowest BCUT2D eigenvalue weighted by Gasteiger charge is -2.55. The highest BCUT2D eigenvalue weighted by molar-refractivity contribution is 5.10. The van der Waals surface area contributed by atoms with Crippen LogP contribution in [0.25, 0.3) is 0 Å². The number of hydrogen-bond donors (Lipinski definition) is 1. The summed E-state index contributed by atoms with van der Waals surface area (Å²) in [6.45, 7) is 5.44. The van der Waals surface area contributed by atoms with Gasteiger partial charge in [-0.05, 0) is 57.8 Å². The Bertz CT molecular complexity index is 290. The Kier molecular flexibility index (Phi) is 4.19. The first-order valence-corrected chi connectivity index (χ1v) is 8.62. The quantitative estimate of drug-likeness (QED) is 0.832. The van der Waals surface area contributed by atoms with Crippen LogP contribution >= 0.6 is 0 Å². The van der Waals surface area contributed by atoms with Crippen molar-refractivity contribution < 1.29 is 4.74 Å². The molecule has 1 spiro atoms. The van der Waals surface area contributed by atoms with Crippen LogP contribution in [0.1, 0.15) is 71.6 Å². The molecule has 0 heterocycles. The Labute approximate surface area is 118 Å². The van der Waals surface area contributed by atoms with E-state index >= 15 is 0 Å². The third-order valence-electron chi connectivity index (χ3n) is 6.14. The van der Waals surface area contributed by atoms with Crippen molar-refractivity contribution in [1.29, 1.82) is 0 Å². The first-order valence-electron chi connectivity index (χ1n) is 8.62. The molecule has 2 atom stereocenters. The van der Waals surface area contributed by atoms with Crippen LogP contribution in [-0.2, 0) is 4.74 Å². The second-order valence-electron chi connectivity index (χ2n) is 7.30. The predicted octanol–water partition coefficient (Wildman–Crippen LogP) is 3.89. The molecule has 0 amide bonds. The van der Waals surface area contributed by atoms with Crippen LogP contribution in [0.15, 0.2) is 0 Å². The van der Waals surface area contributed by atoms with E-state index in [2.05, 4.69) is 19.2 Å². The highest BCUT2D eigenvalue weighted by atomic mass is 16.5. The summed E-state index contributed by atoms with van der Waals surface area (Å²) < 4.78 is 6.01. The molecule has 3 aliphatic rings. The highest BCUT2D eigenvalue weighted by Gasteiger charge is 2.56. The van der Waals surface area contributed by atoms with Crippen molar-refractivity contribution in [2.75, 3.05) is 6.61 Å². The normalized spacial score (nSPS) is 41.4.